The Bertz CT molecular complexity index is 1270. The van der Waals surface area contributed by atoms with Crippen LogP contribution in [0.3, 0.4) is 0 Å². The van der Waals surface area contributed by atoms with E-state index in [0.29, 0.717) is 17.7 Å². The van der Waals surface area contributed by atoms with Gasteiger partial charge in [-0.25, -0.2) is 17.6 Å². The summed E-state index contributed by atoms with van der Waals surface area (Å²) in [6.07, 6.45) is 1.28. The molecule has 0 atom stereocenters. The minimum absolute atomic E-state index is 0.127. The Morgan fingerprint density at radius 1 is 0.833 bits per heavy atom. The van der Waals surface area contributed by atoms with Gasteiger partial charge in [-0.2, -0.15) is 0 Å². The molecule has 1 aliphatic carbocycles. The van der Waals surface area contributed by atoms with Crippen molar-refractivity contribution in [2.24, 2.45) is 0 Å². The molecule has 0 saturated carbocycles. The predicted molar refractivity (Wildman–Crippen MR) is 123 cm³/mol. The van der Waals surface area contributed by atoms with Gasteiger partial charge in [-0.3, -0.25) is 0 Å². The van der Waals surface area contributed by atoms with Crippen molar-refractivity contribution in [1.29, 1.82) is 0 Å². The lowest BCUT2D eigenvalue weighted by Gasteiger charge is -2.21. The molecule has 4 rings (SSSR count). The van der Waals surface area contributed by atoms with E-state index in [1.807, 2.05) is 30.3 Å². The Hall–Kier alpha value is -3.29. The van der Waals surface area contributed by atoms with Crippen LogP contribution in [0.1, 0.15) is 48.4 Å². The van der Waals surface area contributed by atoms with Gasteiger partial charge in [-0.1, -0.05) is 50.1 Å². The van der Waals surface area contributed by atoms with Gasteiger partial charge in [0.05, 0.1) is 5.56 Å². The second kappa shape index (κ2) is 10.4. The maximum Gasteiger partial charge on any atom is 0.573 e. The highest BCUT2D eigenvalue weighted by Gasteiger charge is 2.34. The predicted octanol–water partition coefficient (Wildman–Crippen LogP) is 8.72. The van der Waals surface area contributed by atoms with Gasteiger partial charge in [0.2, 0.25) is 5.75 Å². The van der Waals surface area contributed by atoms with Crippen LogP contribution in [0.15, 0.2) is 48.5 Å². The Kier molecular flexibility index (Phi) is 7.43. The molecule has 0 aliphatic heterocycles. The molecule has 0 unspecified atom stereocenters. The first kappa shape index (κ1) is 25.8. The van der Waals surface area contributed by atoms with Crippen LogP contribution in [-0.2, 0) is 19.3 Å². The van der Waals surface area contributed by atoms with Crippen LogP contribution < -0.4 is 4.74 Å². The molecule has 8 heteroatoms. The smallest absolute Gasteiger partial charge is 0.399 e. The molecule has 0 fully saturated rings. The SMILES string of the molecule is CCCCCc1ccc(C2=CCc3c(cc(F)c(-c4cc(F)c(OC(F)(F)F)c(F)c4)c3F)C2)cc1. The van der Waals surface area contributed by atoms with Crippen molar-refractivity contribution >= 4 is 5.57 Å². The first-order chi connectivity index (χ1) is 17.1. The molecule has 36 heavy (non-hydrogen) atoms. The van der Waals surface area contributed by atoms with Crippen molar-refractivity contribution in [2.45, 2.75) is 51.8 Å². The van der Waals surface area contributed by atoms with E-state index in [2.05, 4.69) is 11.7 Å². The summed E-state index contributed by atoms with van der Waals surface area (Å²) in [7, 11) is 0. The second-order valence-corrected chi connectivity index (χ2v) is 8.77. The van der Waals surface area contributed by atoms with Crippen molar-refractivity contribution in [3.63, 3.8) is 0 Å². The zero-order chi connectivity index (χ0) is 26.0. The number of allylic oxidation sites excluding steroid dienone is 2. The average Bonchev–Trinajstić information content (AvgIpc) is 2.81. The third-order valence-electron chi connectivity index (χ3n) is 6.24. The van der Waals surface area contributed by atoms with Crippen LogP contribution >= 0.6 is 0 Å². The van der Waals surface area contributed by atoms with Crippen LogP contribution in [0.25, 0.3) is 16.7 Å². The molecular weight excluding hydrogens is 485 g/mol. The Labute approximate surface area is 204 Å². The number of halogens is 7. The Balaban J connectivity index is 1.61. The van der Waals surface area contributed by atoms with Crippen molar-refractivity contribution in [1.82, 2.24) is 0 Å². The highest BCUT2D eigenvalue weighted by atomic mass is 19.4. The molecule has 3 aromatic rings. The molecule has 190 valence electrons. The minimum atomic E-state index is -5.33. The lowest BCUT2D eigenvalue weighted by atomic mass is 9.85. The van der Waals surface area contributed by atoms with Crippen molar-refractivity contribution in [2.75, 3.05) is 0 Å². The zero-order valence-corrected chi connectivity index (χ0v) is 19.4. The summed E-state index contributed by atoms with van der Waals surface area (Å²) in [4.78, 5) is 0. The summed E-state index contributed by atoms with van der Waals surface area (Å²) in [6, 6.07) is 10.00. The largest absolute Gasteiger partial charge is 0.573 e. The normalized spacial score (nSPS) is 13.4. The first-order valence-corrected chi connectivity index (χ1v) is 11.6. The van der Waals surface area contributed by atoms with E-state index in [1.54, 1.807) is 0 Å². The minimum Gasteiger partial charge on any atom is -0.399 e. The van der Waals surface area contributed by atoms with E-state index < -0.39 is 46.5 Å². The average molecular weight is 508 g/mol. The first-order valence-electron chi connectivity index (χ1n) is 11.6. The van der Waals surface area contributed by atoms with E-state index in [9.17, 15) is 26.3 Å². The monoisotopic (exact) mass is 508 g/mol. The maximum absolute atomic E-state index is 15.3. The van der Waals surface area contributed by atoms with E-state index in [0.717, 1.165) is 42.9 Å². The second-order valence-electron chi connectivity index (χ2n) is 8.77. The molecule has 0 spiro atoms. The van der Waals surface area contributed by atoms with Crippen LogP contribution in [0.2, 0.25) is 0 Å². The van der Waals surface area contributed by atoms with E-state index in [4.69, 9.17) is 0 Å². The molecule has 3 aromatic carbocycles. The molecule has 0 bridgehead atoms. The summed E-state index contributed by atoms with van der Waals surface area (Å²) in [5.74, 6) is -7.20. The van der Waals surface area contributed by atoms with Crippen molar-refractivity contribution < 1.29 is 35.5 Å². The van der Waals surface area contributed by atoms with Gasteiger partial charge >= 0.3 is 6.36 Å². The van der Waals surface area contributed by atoms with Crippen LogP contribution in [0, 0.1) is 23.3 Å². The van der Waals surface area contributed by atoms with Crippen LogP contribution in [0.5, 0.6) is 5.75 Å². The van der Waals surface area contributed by atoms with Gasteiger partial charge < -0.3 is 4.74 Å². The molecule has 1 nitrogen and oxygen atoms in total. The standard InChI is InChI=1S/C28H23F7O/c1-2-3-4-5-16-6-8-17(9-7-16)18-10-11-21-19(12-18)13-22(29)25(26(21)32)20-14-23(30)27(24(31)15-20)36-28(33,34)35/h6-10,13-15H,2-5,11-12H2,1H3. The Morgan fingerprint density at radius 3 is 2.11 bits per heavy atom. The quantitative estimate of drug-likeness (QED) is 0.229. The number of fused-ring (bicyclic) bond motifs is 1. The molecule has 0 N–H and O–H groups in total. The molecule has 0 heterocycles. The zero-order valence-electron chi connectivity index (χ0n) is 19.4. The Morgan fingerprint density at radius 2 is 1.50 bits per heavy atom. The lowest BCUT2D eigenvalue weighted by Crippen LogP contribution is -2.19. The topological polar surface area (TPSA) is 9.23 Å². The maximum atomic E-state index is 15.3. The van der Waals surface area contributed by atoms with Crippen LogP contribution in [-0.4, -0.2) is 6.36 Å². The number of ether oxygens (including phenoxy) is 1. The van der Waals surface area contributed by atoms with Gasteiger partial charge in [-0.05, 0) is 77.3 Å². The number of benzene rings is 3. The van der Waals surface area contributed by atoms with Crippen molar-refractivity contribution in [3.8, 4) is 16.9 Å². The number of aryl methyl sites for hydroxylation is 1. The highest BCUT2D eigenvalue weighted by Crippen LogP contribution is 2.38. The molecule has 1 aliphatic rings. The number of hydrogen-bond donors (Lipinski definition) is 0. The molecule has 0 radical (unpaired) electrons. The van der Waals surface area contributed by atoms with Gasteiger partial charge in [0.1, 0.15) is 11.6 Å². The molecular formula is C28H23F7O. The van der Waals surface area contributed by atoms with Gasteiger partial charge in [0, 0.05) is 0 Å². The third-order valence-corrected chi connectivity index (χ3v) is 6.24. The number of unbranched alkanes of at least 4 members (excludes halogenated alkanes) is 2. The van der Waals surface area contributed by atoms with Crippen molar-refractivity contribution in [3.05, 3.63) is 94.1 Å². The molecule has 0 saturated heterocycles. The summed E-state index contributed by atoms with van der Waals surface area (Å²) in [5.41, 5.74) is 2.36. The summed E-state index contributed by atoms with van der Waals surface area (Å²) < 4.78 is 99.2. The van der Waals surface area contributed by atoms with E-state index >= 15 is 4.39 Å². The number of alkyl halides is 3. The molecule has 0 amide bonds. The fraction of sp³-hybridized carbons (Fsp3) is 0.286. The fourth-order valence-electron chi connectivity index (χ4n) is 4.46. The van der Waals surface area contributed by atoms with Crippen LogP contribution in [0.4, 0.5) is 30.7 Å². The fourth-order valence-corrected chi connectivity index (χ4v) is 4.46. The number of rotatable bonds is 7. The van der Waals surface area contributed by atoms with Gasteiger partial charge in [-0.15, -0.1) is 13.2 Å². The summed E-state index contributed by atoms with van der Waals surface area (Å²) >= 11 is 0. The summed E-state index contributed by atoms with van der Waals surface area (Å²) in [5, 5.41) is 0. The summed E-state index contributed by atoms with van der Waals surface area (Å²) in [6.45, 7) is 2.14. The van der Waals surface area contributed by atoms with E-state index in [-0.39, 0.29) is 18.4 Å². The number of hydrogen-bond acceptors (Lipinski definition) is 1. The van der Waals surface area contributed by atoms with E-state index in [1.165, 1.54) is 5.56 Å². The molecule has 0 aromatic heterocycles. The third kappa shape index (κ3) is 5.58. The highest BCUT2D eigenvalue weighted by molar-refractivity contribution is 5.74. The van der Waals surface area contributed by atoms with Gasteiger partial charge in [0.25, 0.3) is 0 Å². The van der Waals surface area contributed by atoms with Gasteiger partial charge in [0.15, 0.2) is 11.6 Å². The lowest BCUT2D eigenvalue weighted by molar-refractivity contribution is -0.276.